The summed E-state index contributed by atoms with van der Waals surface area (Å²) in [5.74, 6) is 1.56. The van der Waals surface area contributed by atoms with Crippen molar-refractivity contribution in [3.05, 3.63) is 64.5 Å². The monoisotopic (exact) mass is 362 g/mol. The first-order chi connectivity index (χ1) is 12.7. The number of thiazole rings is 1. The van der Waals surface area contributed by atoms with Gasteiger partial charge in [-0.3, -0.25) is 0 Å². The maximum atomic E-state index is 9.60. The van der Waals surface area contributed by atoms with Crippen LogP contribution in [0.5, 0.6) is 11.5 Å². The Hall–Kier alpha value is -3.10. The van der Waals surface area contributed by atoms with Gasteiger partial charge in [0.15, 0.2) is 0 Å². The lowest BCUT2D eigenvalue weighted by molar-refractivity contribution is 0.339. The normalized spacial score (nSPS) is 11.0. The average Bonchev–Trinajstić information content (AvgIpc) is 3.17. The molecular weight excluding hydrogens is 344 g/mol. The number of nitriles is 1. The third-order valence-electron chi connectivity index (χ3n) is 3.76. The standard InChI is InChI=1S/C21H18N2O2S/c1-3-25-20-7-5-4-6-16(20)12-17(13-22)21-23-19(14-26-21)15-8-10-18(24-2)11-9-15/h4-12,14H,3H2,1-2H3/b17-12-. The molecule has 1 heterocycles. The van der Waals surface area contributed by atoms with Gasteiger partial charge in [-0.25, -0.2) is 4.98 Å². The number of allylic oxidation sites excluding steroid dienone is 1. The van der Waals surface area contributed by atoms with Gasteiger partial charge in [0.2, 0.25) is 0 Å². The molecule has 0 spiro atoms. The van der Waals surface area contributed by atoms with Gasteiger partial charge in [0.1, 0.15) is 22.6 Å². The lowest BCUT2D eigenvalue weighted by atomic mass is 10.1. The zero-order valence-electron chi connectivity index (χ0n) is 14.6. The lowest BCUT2D eigenvalue weighted by Crippen LogP contribution is -1.93. The molecule has 0 bridgehead atoms. The molecule has 1 aromatic heterocycles. The first-order valence-electron chi connectivity index (χ1n) is 8.19. The van der Waals surface area contributed by atoms with Crippen molar-refractivity contribution in [1.82, 2.24) is 4.98 Å². The second-order valence-electron chi connectivity index (χ2n) is 5.41. The maximum Gasteiger partial charge on any atom is 0.134 e. The molecule has 26 heavy (non-hydrogen) atoms. The van der Waals surface area contributed by atoms with E-state index in [9.17, 15) is 5.26 Å². The van der Waals surface area contributed by atoms with E-state index in [-0.39, 0.29) is 0 Å². The van der Waals surface area contributed by atoms with Gasteiger partial charge in [-0.2, -0.15) is 5.26 Å². The predicted molar refractivity (Wildman–Crippen MR) is 105 cm³/mol. The highest BCUT2D eigenvalue weighted by atomic mass is 32.1. The maximum absolute atomic E-state index is 9.60. The number of benzene rings is 2. The summed E-state index contributed by atoms with van der Waals surface area (Å²) < 4.78 is 10.8. The van der Waals surface area contributed by atoms with E-state index >= 15 is 0 Å². The number of aromatic nitrogens is 1. The molecule has 3 aromatic rings. The Kier molecular flexibility index (Phi) is 5.67. The topological polar surface area (TPSA) is 55.1 Å². The fourth-order valence-corrected chi connectivity index (χ4v) is 3.27. The van der Waals surface area contributed by atoms with Gasteiger partial charge in [0.25, 0.3) is 0 Å². The second-order valence-corrected chi connectivity index (χ2v) is 6.27. The Morgan fingerprint density at radius 1 is 1.19 bits per heavy atom. The van der Waals surface area contributed by atoms with E-state index in [0.29, 0.717) is 17.2 Å². The minimum Gasteiger partial charge on any atom is -0.497 e. The van der Waals surface area contributed by atoms with Crippen molar-refractivity contribution in [2.75, 3.05) is 13.7 Å². The number of methoxy groups -OCH3 is 1. The summed E-state index contributed by atoms with van der Waals surface area (Å²) in [4.78, 5) is 4.63. The molecule has 0 saturated carbocycles. The van der Waals surface area contributed by atoms with E-state index in [1.54, 1.807) is 7.11 Å². The zero-order valence-corrected chi connectivity index (χ0v) is 15.4. The van der Waals surface area contributed by atoms with E-state index in [1.807, 2.05) is 66.9 Å². The van der Waals surface area contributed by atoms with Gasteiger partial charge in [-0.05, 0) is 43.3 Å². The SMILES string of the molecule is CCOc1ccccc1/C=C(/C#N)c1nc(-c2ccc(OC)cc2)cs1. The van der Waals surface area contributed by atoms with Crippen LogP contribution in [0.4, 0.5) is 0 Å². The molecule has 0 fully saturated rings. The Labute approximate surface area is 157 Å². The number of hydrogen-bond acceptors (Lipinski definition) is 5. The average molecular weight is 362 g/mol. The number of rotatable bonds is 6. The predicted octanol–water partition coefficient (Wildman–Crippen LogP) is 5.28. The first-order valence-corrected chi connectivity index (χ1v) is 9.07. The highest BCUT2D eigenvalue weighted by Gasteiger charge is 2.10. The lowest BCUT2D eigenvalue weighted by Gasteiger charge is -2.06. The number of para-hydroxylation sites is 1. The Balaban J connectivity index is 1.92. The molecule has 0 aliphatic heterocycles. The fourth-order valence-electron chi connectivity index (χ4n) is 2.48. The molecule has 3 rings (SSSR count). The van der Waals surface area contributed by atoms with Crippen LogP contribution in [-0.4, -0.2) is 18.7 Å². The molecule has 0 aliphatic rings. The zero-order chi connectivity index (χ0) is 18.4. The van der Waals surface area contributed by atoms with Crippen LogP contribution in [0.2, 0.25) is 0 Å². The number of hydrogen-bond donors (Lipinski definition) is 0. The van der Waals surface area contributed by atoms with Gasteiger partial charge >= 0.3 is 0 Å². The van der Waals surface area contributed by atoms with Crippen LogP contribution >= 0.6 is 11.3 Å². The molecule has 0 radical (unpaired) electrons. The van der Waals surface area contributed by atoms with E-state index in [1.165, 1.54) is 11.3 Å². The van der Waals surface area contributed by atoms with Crippen LogP contribution in [-0.2, 0) is 0 Å². The van der Waals surface area contributed by atoms with Gasteiger partial charge in [0, 0.05) is 16.5 Å². The van der Waals surface area contributed by atoms with Crippen LogP contribution in [0.25, 0.3) is 22.9 Å². The van der Waals surface area contributed by atoms with Crippen molar-refractivity contribution < 1.29 is 9.47 Å². The van der Waals surface area contributed by atoms with Crippen LogP contribution in [0, 0.1) is 11.3 Å². The number of ether oxygens (including phenoxy) is 2. The summed E-state index contributed by atoms with van der Waals surface area (Å²) in [7, 11) is 1.64. The van der Waals surface area contributed by atoms with Gasteiger partial charge in [-0.1, -0.05) is 18.2 Å². The smallest absolute Gasteiger partial charge is 0.134 e. The second kappa shape index (κ2) is 8.32. The highest BCUT2D eigenvalue weighted by Crippen LogP contribution is 2.30. The summed E-state index contributed by atoms with van der Waals surface area (Å²) in [6, 6.07) is 17.6. The van der Waals surface area contributed by atoms with Crippen molar-refractivity contribution in [3.8, 4) is 28.8 Å². The molecule has 0 aliphatic carbocycles. The van der Waals surface area contributed by atoms with E-state index < -0.39 is 0 Å². The van der Waals surface area contributed by atoms with Gasteiger partial charge < -0.3 is 9.47 Å². The van der Waals surface area contributed by atoms with Crippen LogP contribution in [0.1, 0.15) is 17.5 Å². The molecule has 130 valence electrons. The van der Waals surface area contributed by atoms with E-state index in [0.717, 1.165) is 28.3 Å². The number of nitrogens with zero attached hydrogens (tertiary/aromatic N) is 2. The van der Waals surface area contributed by atoms with Gasteiger partial charge in [0.05, 0.1) is 25.0 Å². The van der Waals surface area contributed by atoms with Crippen molar-refractivity contribution in [2.45, 2.75) is 6.92 Å². The fraction of sp³-hybridized carbons (Fsp3) is 0.143. The quantitative estimate of drug-likeness (QED) is 0.560. The Morgan fingerprint density at radius 2 is 1.96 bits per heavy atom. The van der Waals surface area contributed by atoms with Crippen LogP contribution in [0.3, 0.4) is 0 Å². The van der Waals surface area contributed by atoms with Crippen molar-refractivity contribution in [2.24, 2.45) is 0 Å². The molecule has 0 amide bonds. The Bertz CT molecular complexity index is 953. The Morgan fingerprint density at radius 3 is 2.65 bits per heavy atom. The molecule has 5 heteroatoms. The molecule has 2 aromatic carbocycles. The summed E-state index contributed by atoms with van der Waals surface area (Å²) >= 11 is 1.45. The molecule has 4 nitrogen and oxygen atoms in total. The molecule has 0 atom stereocenters. The first kappa shape index (κ1) is 17.7. The van der Waals surface area contributed by atoms with Crippen molar-refractivity contribution >= 4 is 23.0 Å². The van der Waals surface area contributed by atoms with Crippen LogP contribution < -0.4 is 9.47 Å². The minimum absolute atomic E-state index is 0.516. The molecule has 0 unspecified atom stereocenters. The summed E-state index contributed by atoms with van der Waals surface area (Å²) in [6.45, 7) is 2.51. The van der Waals surface area contributed by atoms with Crippen LogP contribution in [0.15, 0.2) is 53.9 Å². The third kappa shape index (κ3) is 3.93. The van der Waals surface area contributed by atoms with Gasteiger partial charge in [-0.15, -0.1) is 11.3 Å². The summed E-state index contributed by atoms with van der Waals surface area (Å²) in [5, 5.41) is 12.2. The highest BCUT2D eigenvalue weighted by molar-refractivity contribution is 7.11. The van der Waals surface area contributed by atoms with Crippen molar-refractivity contribution in [3.63, 3.8) is 0 Å². The summed E-state index contributed by atoms with van der Waals surface area (Å²) in [5.41, 5.74) is 3.21. The minimum atomic E-state index is 0.516. The van der Waals surface area contributed by atoms with E-state index in [2.05, 4.69) is 11.1 Å². The summed E-state index contributed by atoms with van der Waals surface area (Å²) in [6.07, 6.45) is 1.82. The molecular formula is C21H18N2O2S. The molecule has 0 N–H and O–H groups in total. The third-order valence-corrected chi connectivity index (χ3v) is 4.64. The van der Waals surface area contributed by atoms with Crippen molar-refractivity contribution in [1.29, 1.82) is 5.26 Å². The largest absolute Gasteiger partial charge is 0.497 e. The van der Waals surface area contributed by atoms with E-state index in [4.69, 9.17) is 9.47 Å². The molecule has 0 saturated heterocycles.